The molecular formula is C28H26N6O3. The van der Waals surface area contributed by atoms with Crippen LogP contribution < -0.4 is 14.8 Å². The molecule has 0 spiro atoms. The van der Waals surface area contributed by atoms with Gasteiger partial charge in [0.1, 0.15) is 11.5 Å². The van der Waals surface area contributed by atoms with Gasteiger partial charge in [-0.2, -0.15) is 5.10 Å². The molecule has 1 fully saturated rings. The molecule has 0 saturated carbocycles. The van der Waals surface area contributed by atoms with Crippen molar-refractivity contribution < 1.29 is 14.3 Å². The van der Waals surface area contributed by atoms with Gasteiger partial charge in [-0.1, -0.05) is 35.9 Å². The number of carbonyl (C=O) groups excluding carboxylic acids is 1. The van der Waals surface area contributed by atoms with Crippen molar-refractivity contribution in [3.05, 3.63) is 90.4 Å². The van der Waals surface area contributed by atoms with E-state index in [0.717, 1.165) is 35.3 Å². The topological polar surface area (TPSA) is 102 Å². The van der Waals surface area contributed by atoms with Crippen LogP contribution >= 0.6 is 0 Å². The largest absolute Gasteiger partial charge is 0.497 e. The Hall–Kier alpha value is -4.79. The summed E-state index contributed by atoms with van der Waals surface area (Å²) in [5, 5.41) is 10.5. The third kappa shape index (κ3) is 6.26. The van der Waals surface area contributed by atoms with E-state index in [1.54, 1.807) is 42.7 Å². The van der Waals surface area contributed by atoms with Gasteiger partial charge in [-0.15, -0.1) is 5.10 Å². The minimum Gasteiger partial charge on any atom is -0.497 e. The van der Waals surface area contributed by atoms with Crippen molar-refractivity contribution in [1.82, 2.24) is 25.1 Å². The molecule has 37 heavy (non-hydrogen) atoms. The molecule has 2 aromatic heterocycles. The number of anilines is 1. The third-order valence-electron chi connectivity index (χ3n) is 5.99. The maximum atomic E-state index is 12.5. The average Bonchev–Trinajstić information content (AvgIpc) is 2.95. The van der Waals surface area contributed by atoms with E-state index in [1.165, 1.54) is 5.57 Å². The number of nitrogens with zero attached hydrogens (tertiary/aromatic N) is 5. The van der Waals surface area contributed by atoms with Gasteiger partial charge in [-0.3, -0.25) is 5.32 Å². The van der Waals surface area contributed by atoms with E-state index in [9.17, 15) is 4.79 Å². The van der Waals surface area contributed by atoms with Gasteiger partial charge >= 0.3 is 12.0 Å². The van der Waals surface area contributed by atoms with Gasteiger partial charge in [-0.25, -0.2) is 14.8 Å². The van der Waals surface area contributed by atoms with Crippen LogP contribution in [-0.4, -0.2) is 51.3 Å². The highest BCUT2D eigenvalue weighted by atomic mass is 16.5. The smallest absolute Gasteiger partial charge is 0.323 e. The Balaban J connectivity index is 1.17. The van der Waals surface area contributed by atoms with Gasteiger partial charge in [0.15, 0.2) is 5.82 Å². The van der Waals surface area contributed by atoms with Crippen LogP contribution in [0.3, 0.4) is 0 Å². The van der Waals surface area contributed by atoms with E-state index in [-0.39, 0.29) is 12.0 Å². The number of carbonyl (C=O) groups is 1. The lowest BCUT2D eigenvalue weighted by molar-refractivity contribution is 0.207. The molecule has 0 radical (unpaired) electrons. The molecule has 2 aromatic carbocycles. The molecule has 0 bridgehead atoms. The van der Waals surface area contributed by atoms with Gasteiger partial charge in [0, 0.05) is 37.2 Å². The number of methoxy groups -OCH3 is 1. The lowest BCUT2D eigenvalue weighted by atomic mass is 10.0. The van der Waals surface area contributed by atoms with E-state index in [1.807, 2.05) is 48.5 Å². The molecule has 5 rings (SSSR count). The second kappa shape index (κ2) is 11.3. The van der Waals surface area contributed by atoms with Crippen LogP contribution in [0, 0.1) is 0 Å². The van der Waals surface area contributed by atoms with Crippen molar-refractivity contribution in [3.8, 4) is 28.6 Å². The third-order valence-corrected chi connectivity index (χ3v) is 5.99. The molecular weight excluding hydrogens is 468 g/mol. The average molecular weight is 495 g/mol. The molecule has 4 aromatic rings. The zero-order chi connectivity index (χ0) is 25.5. The zero-order valence-electron chi connectivity index (χ0n) is 20.4. The number of ether oxygens (including phenoxy) is 2. The fourth-order valence-corrected chi connectivity index (χ4v) is 4.01. The molecule has 2 amide bonds. The van der Waals surface area contributed by atoms with E-state index in [0.29, 0.717) is 24.7 Å². The molecule has 1 aliphatic rings. The Labute approximate surface area is 214 Å². The van der Waals surface area contributed by atoms with E-state index < -0.39 is 0 Å². The van der Waals surface area contributed by atoms with Gasteiger partial charge < -0.3 is 14.4 Å². The summed E-state index contributed by atoms with van der Waals surface area (Å²) in [7, 11) is 1.64. The van der Waals surface area contributed by atoms with Crippen molar-refractivity contribution >= 4 is 17.9 Å². The lowest BCUT2D eigenvalue weighted by Crippen LogP contribution is -2.39. The normalized spacial score (nSPS) is 13.1. The predicted molar refractivity (Wildman–Crippen MR) is 140 cm³/mol. The monoisotopic (exact) mass is 494 g/mol. The van der Waals surface area contributed by atoms with Crippen LogP contribution in [0.4, 0.5) is 10.6 Å². The van der Waals surface area contributed by atoms with Gasteiger partial charge in [-0.05, 0) is 60.4 Å². The Morgan fingerprint density at radius 1 is 0.946 bits per heavy atom. The Morgan fingerprint density at radius 2 is 1.73 bits per heavy atom. The Bertz CT molecular complexity index is 1370. The Kier molecular flexibility index (Phi) is 7.31. The molecule has 1 N–H and O–H groups in total. The second-order valence-corrected chi connectivity index (χ2v) is 8.49. The quantitative estimate of drug-likeness (QED) is 0.380. The standard InChI is InChI=1S/C28H26N6O3/c1-36-24-9-7-22(8-10-24)23-18-29-27(30-19-23)37-25-5-2-4-21(17-25)16-20-11-14-34(15-12-20)28(35)32-26-6-3-13-31-33-26/h2-10,13,16-19H,11-12,14-15H2,1H3,(H,32,33,35). The highest BCUT2D eigenvalue weighted by Gasteiger charge is 2.19. The summed E-state index contributed by atoms with van der Waals surface area (Å²) in [6.07, 6.45) is 8.80. The van der Waals surface area contributed by atoms with E-state index in [4.69, 9.17) is 9.47 Å². The summed E-state index contributed by atoms with van der Waals surface area (Å²) in [5.41, 5.74) is 4.20. The van der Waals surface area contributed by atoms with Gasteiger partial charge in [0.05, 0.1) is 7.11 Å². The van der Waals surface area contributed by atoms with Crippen molar-refractivity contribution in [3.63, 3.8) is 0 Å². The maximum absolute atomic E-state index is 12.5. The van der Waals surface area contributed by atoms with Crippen molar-refractivity contribution in [2.45, 2.75) is 12.8 Å². The number of hydrogen-bond donors (Lipinski definition) is 1. The fourth-order valence-electron chi connectivity index (χ4n) is 4.01. The summed E-state index contributed by atoms with van der Waals surface area (Å²) >= 11 is 0. The first kappa shape index (κ1) is 23.9. The maximum Gasteiger partial charge on any atom is 0.323 e. The minimum absolute atomic E-state index is 0.159. The first-order chi connectivity index (χ1) is 18.2. The van der Waals surface area contributed by atoms with E-state index in [2.05, 4.69) is 31.6 Å². The lowest BCUT2D eigenvalue weighted by Gasteiger charge is -2.28. The molecule has 0 atom stereocenters. The molecule has 0 unspecified atom stereocenters. The number of nitrogens with one attached hydrogen (secondary N) is 1. The summed E-state index contributed by atoms with van der Waals surface area (Å²) in [6.45, 7) is 1.28. The summed E-state index contributed by atoms with van der Waals surface area (Å²) in [6, 6.07) is 19.1. The van der Waals surface area contributed by atoms with Crippen molar-refractivity contribution in [2.24, 2.45) is 0 Å². The number of hydrogen-bond acceptors (Lipinski definition) is 7. The number of benzene rings is 2. The molecule has 0 aliphatic carbocycles. The van der Waals surface area contributed by atoms with Crippen LogP contribution in [0.1, 0.15) is 18.4 Å². The second-order valence-electron chi connectivity index (χ2n) is 8.49. The number of amides is 2. The molecule has 3 heterocycles. The fraction of sp³-hybridized carbons (Fsp3) is 0.179. The van der Waals surface area contributed by atoms with Crippen LogP contribution in [-0.2, 0) is 0 Å². The summed E-state index contributed by atoms with van der Waals surface area (Å²) in [5.74, 6) is 1.91. The predicted octanol–water partition coefficient (Wildman–Crippen LogP) is 5.45. The van der Waals surface area contributed by atoms with Crippen LogP contribution in [0.25, 0.3) is 17.2 Å². The number of urea groups is 1. The van der Waals surface area contributed by atoms with Crippen molar-refractivity contribution in [1.29, 1.82) is 0 Å². The van der Waals surface area contributed by atoms with Gasteiger partial charge in [0.25, 0.3) is 0 Å². The van der Waals surface area contributed by atoms with Crippen LogP contribution in [0.5, 0.6) is 17.5 Å². The number of aromatic nitrogens is 4. The molecule has 1 aliphatic heterocycles. The van der Waals surface area contributed by atoms with E-state index >= 15 is 0 Å². The number of piperidine rings is 1. The number of rotatable bonds is 6. The molecule has 186 valence electrons. The highest BCUT2D eigenvalue weighted by molar-refractivity contribution is 5.88. The summed E-state index contributed by atoms with van der Waals surface area (Å²) < 4.78 is 11.1. The molecule has 1 saturated heterocycles. The van der Waals surface area contributed by atoms with Crippen LogP contribution in [0.15, 0.2) is 84.8 Å². The molecule has 9 nitrogen and oxygen atoms in total. The van der Waals surface area contributed by atoms with Crippen LogP contribution in [0.2, 0.25) is 0 Å². The molecule has 9 heteroatoms. The zero-order valence-corrected chi connectivity index (χ0v) is 20.4. The number of likely N-dealkylation sites (tertiary alicyclic amines) is 1. The van der Waals surface area contributed by atoms with Crippen molar-refractivity contribution in [2.75, 3.05) is 25.5 Å². The SMILES string of the molecule is COc1ccc(-c2cnc(Oc3cccc(C=C4CCN(C(=O)Nc5cccnn5)CC4)c3)nc2)cc1. The minimum atomic E-state index is -0.159. The Morgan fingerprint density at radius 3 is 2.43 bits per heavy atom. The highest BCUT2D eigenvalue weighted by Crippen LogP contribution is 2.26. The first-order valence-corrected chi connectivity index (χ1v) is 11.9. The first-order valence-electron chi connectivity index (χ1n) is 11.9. The van der Waals surface area contributed by atoms with Gasteiger partial charge in [0.2, 0.25) is 0 Å². The summed E-state index contributed by atoms with van der Waals surface area (Å²) in [4.78, 5) is 23.0.